The van der Waals surface area contributed by atoms with Gasteiger partial charge in [-0.3, -0.25) is 14.9 Å². The molecule has 1 amide bonds. The Hall–Kier alpha value is -1.17. The fraction of sp³-hybridized carbons (Fsp3) is 0.938. The molecule has 0 radical (unpaired) electrons. The van der Waals surface area contributed by atoms with E-state index >= 15 is 0 Å². The van der Waals surface area contributed by atoms with Gasteiger partial charge in [0.15, 0.2) is 0 Å². The van der Waals surface area contributed by atoms with E-state index in [0.717, 1.165) is 31.8 Å². The van der Waals surface area contributed by atoms with Crippen molar-refractivity contribution in [2.24, 2.45) is 11.8 Å². The highest BCUT2D eigenvalue weighted by Crippen LogP contribution is 2.33. The third kappa shape index (κ3) is 3.97. The summed E-state index contributed by atoms with van der Waals surface area (Å²) in [4.78, 5) is 24.8. The van der Waals surface area contributed by atoms with Crippen LogP contribution in [0.15, 0.2) is 0 Å². The largest absolute Gasteiger partial charge is 0.353 e. The van der Waals surface area contributed by atoms with E-state index in [1.54, 1.807) is 0 Å². The van der Waals surface area contributed by atoms with Crippen LogP contribution in [0.25, 0.3) is 0 Å². The zero-order valence-corrected chi connectivity index (χ0v) is 13.2. The van der Waals surface area contributed by atoms with E-state index in [-0.39, 0.29) is 22.8 Å². The van der Waals surface area contributed by atoms with Crippen LogP contribution >= 0.6 is 0 Å². The van der Waals surface area contributed by atoms with Crippen molar-refractivity contribution in [3.05, 3.63) is 10.1 Å². The van der Waals surface area contributed by atoms with E-state index in [9.17, 15) is 14.9 Å². The summed E-state index contributed by atoms with van der Waals surface area (Å²) in [6, 6.07) is -0.422. The number of carbonyl (C=O) groups excluding carboxylic acids is 1. The van der Waals surface area contributed by atoms with Crippen LogP contribution in [-0.4, -0.2) is 47.4 Å². The fourth-order valence-corrected chi connectivity index (χ4v) is 4.00. The molecule has 1 N–H and O–H groups in total. The molecule has 2 saturated carbocycles. The minimum absolute atomic E-state index is 0.104. The number of piperidine rings is 1. The maximum Gasteiger partial charge on any atom is 0.230 e. The van der Waals surface area contributed by atoms with E-state index in [1.807, 2.05) is 0 Å². The van der Waals surface area contributed by atoms with Crippen LogP contribution < -0.4 is 5.32 Å². The lowest BCUT2D eigenvalue weighted by Crippen LogP contribution is -2.46. The molecular weight excluding hydrogens is 282 g/mol. The number of likely N-dealkylation sites (tertiary alicyclic amines) is 1. The number of nitrogens with zero attached hydrogens (tertiary/aromatic N) is 2. The number of hydrogen-bond donors (Lipinski definition) is 1. The van der Waals surface area contributed by atoms with Gasteiger partial charge in [0.25, 0.3) is 0 Å². The van der Waals surface area contributed by atoms with Crippen molar-refractivity contribution >= 4 is 5.91 Å². The molecule has 3 fully saturated rings. The second-order valence-corrected chi connectivity index (χ2v) is 7.28. The molecule has 6 nitrogen and oxygen atoms in total. The highest BCUT2D eigenvalue weighted by atomic mass is 16.6. The maximum atomic E-state index is 12.0. The molecule has 0 unspecified atom stereocenters. The monoisotopic (exact) mass is 309 g/mol. The molecule has 3 rings (SSSR count). The lowest BCUT2D eigenvalue weighted by atomic mass is 9.88. The van der Waals surface area contributed by atoms with Gasteiger partial charge in [-0.25, -0.2) is 0 Å². The number of nitrogens with one attached hydrogen (secondary N) is 1. The van der Waals surface area contributed by atoms with Crippen molar-refractivity contribution in [3.8, 4) is 0 Å². The average Bonchev–Trinajstić information content (AvgIpc) is 3.31. The molecule has 6 heteroatoms. The van der Waals surface area contributed by atoms with Crippen molar-refractivity contribution in [3.63, 3.8) is 0 Å². The van der Waals surface area contributed by atoms with Gasteiger partial charge in [-0.05, 0) is 31.6 Å². The third-order valence-electron chi connectivity index (χ3n) is 5.54. The lowest BCUT2D eigenvalue weighted by molar-refractivity contribution is -0.497. The van der Waals surface area contributed by atoms with Crippen LogP contribution in [0, 0.1) is 22.0 Å². The number of carbonyl (C=O) groups is 1. The van der Waals surface area contributed by atoms with E-state index in [0.29, 0.717) is 6.42 Å². The Kier molecular flexibility index (Phi) is 4.96. The Labute approximate surface area is 131 Å². The molecule has 0 aromatic heterocycles. The second kappa shape index (κ2) is 6.94. The van der Waals surface area contributed by atoms with E-state index < -0.39 is 6.04 Å². The van der Waals surface area contributed by atoms with Crippen LogP contribution in [0.1, 0.15) is 51.4 Å². The highest BCUT2D eigenvalue weighted by molar-refractivity contribution is 5.82. The van der Waals surface area contributed by atoms with Crippen molar-refractivity contribution in [2.45, 2.75) is 63.5 Å². The summed E-state index contributed by atoms with van der Waals surface area (Å²) >= 11 is 0. The molecular formula is C16H27N3O3. The standard InChI is InChI=1S/C16H27N3O3/c20-16(14-10-15(14)19(21)22)17-13-6-8-18(9-7-13)11-12-4-2-1-3-5-12/h12-15H,1-11H2,(H,17,20)/t14-,15-/m0/s1. The van der Waals surface area contributed by atoms with Gasteiger partial charge in [-0.1, -0.05) is 19.3 Å². The number of rotatable bonds is 5. The van der Waals surface area contributed by atoms with Crippen LogP contribution in [0.2, 0.25) is 0 Å². The Morgan fingerprint density at radius 3 is 2.41 bits per heavy atom. The fourth-order valence-electron chi connectivity index (χ4n) is 4.00. The average molecular weight is 309 g/mol. The Morgan fingerprint density at radius 1 is 1.14 bits per heavy atom. The minimum atomic E-state index is -0.633. The first-order chi connectivity index (χ1) is 10.6. The third-order valence-corrected chi connectivity index (χ3v) is 5.54. The predicted molar refractivity (Wildman–Crippen MR) is 83.1 cm³/mol. The summed E-state index contributed by atoms with van der Waals surface area (Å²) < 4.78 is 0. The van der Waals surface area contributed by atoms with Crippen LogP contribution in [-0.2, 0) is 4.79 Å². The number of nitro groups is 1. The first-order valence-electron chi connectivity index (χ1n) is 8.79. The minimum Gasteiger partial charge on any atom is -0.353 e. The number of amides is 1. The molecule has 124 valence electrons. The van der Waals surface area contributed by atoms with Crippen molar-refractivity contribution in [1.82, 2.24) is 10.2 Å². The first kappa shape index (κ1) is 15.7. The molecule has 1 heterocycles. The van der Waals surface area contributed by atoms with Crippen molar-refractivity contribution < 1.29 is 9.72 Å². The second-order valence-electron chi connectivity index (χ2n) is 7.28. The first-order valence-corrected chi connectivity index (χ1v) is 8.79. The van der Waals surface area contributed by atoms with Crippen LogP contribution in [0.3, 0.4) is 0 Å². The molecule has 0 aromatic carbocycles. The van der Waals surface area contributed by atoms with Gasteiger partial charge < -0.3 is 10.2 Å². The summed E-state index contributed by atoms with van der Waals surface area (Å²) in [5, 5.41) is 13.6. The molecule has 0 spiro atoms. The van der Waals surface area contributed by atoms with Gasteiger partial charge in [0.1, 0.15) is 5.92 Å². The topological polar surface area (TPSA) is 75.5 Å². The normalized spacial score (nSPS) is 30.9. The van der Waals surface area contributed by atoms with Crippen molar-refractivity contribution in [2.75, 3.05) is 19.6 Å². The predicted octanol–water partition coefficient (Wildman–Crippen LogP) is 1.81. The van der Waals surface area contributed by atoms with E-state index in [2.05, 4.69) is 10.2 Å². The highest BCUT2D eigenvalue weighted by Gasteiger charge is 2.53. The smallest absolute Gasteiger partial charge is 0.230 e. The molecule has 3 aliphatic rings. The SMILES string of the molecule is O=C(NC1CCN(CC2CCCCC2)CC1)[C@H]1C[C@@H]1[N+](=O)[O-]. The van der Waals surface area contributed by atoms with Crippen LogP contribution in [0.4, 0.5) is 0 Å². The summed E-state index contributed by atoms with van der Waals surface area (Å²) in [6.07, 6.45) is 9.30. The molecule has 1 saturated heterocycles. The van der Waals surface area contributed by atoms with E-state index in [4.69, 9.17) is 0 Å². The van der Waals surface area contributed by atoms with Gasteiger partial charge in [0, 0.05) is 37.0 Å². The molecule has 0 aromatic rings. The summed E-state index contributed by atoms with van der Waals surface area (Å²) in [5.74, 6) is 0.384. The van der Waals surface area contributed by atoms with Gasteiger partial charge in [-0.2, -0.15) is 0 Å². The van der Waals surface area contributed by atoms with Crippen LogP contribution in [0.5, 0.6) is 0 Å². The lowest BCUT2D eigenvalue weighted by Gasteiger charge is -2.35. The summed E-state index contributed by atoms with van der Waals surface area (Å²) in [6.45, 7) is 3.31. The molecule has 22 heavy (non-hydrogen) atoms. The van der Waals surface area contributed by atoms with E-state index in [1.165, 1.54) is 38.6 Å². The Bertz CT molecular complexity index is 415. The molecule has 0 bridgehead atoms. The van der Waals surface area contributed by atoms with Gasteiger partial charge in [0.2, 0.25) is 11.9 Å². The molecule has 2 atom stereocenters. The summed E-state index contributed by atoms with van der Waals surface area (Å²) in [5.41, 5.74) is 0. The Morgan fingerprint density at radius 2 is 1.82 bits per heavy atom. The van der Waals surface area contributed by atoms with Crippen molar-refractivity contribution in [1.29, 1.82) is 0 Å². The Balaban J connectivity index is 1.35. The quantitative estimate of drug-likeness (QED) is 0.621. The van der Waals surface area contributed by atoms with Gasteiger partial charge >= 0.3 is 0 Å². The van der Waals surface area contributed by atoms with Gasteiger partial charge in [-0.15, -0.1) is 0 Å². The zero-order valence-electron chi connectivity index (χ0n) is 13.2. The summed E-state index contributed by atoms with van der Waals surface area (Å²) in [7, 11) is 0. The zero-order chi connectivity index (χ0) is 15.5. The number of hydrogen-bond acceptors (Lipinski definition) is 4. The molecule has 2 aliphatic carbocycles. The maximum absolute atomic E-state index is 12.0. The van der Waals surface area contributed by atoms with Gasteiger partial charge in [0.05, 0.1) is 0 Å². The molecule has 1 aliphatic heterocycles.